The molecule has 0 aliphatic carbocycles. The van der Waals surface area contributed by atoms with Gasteiger partial charge in [-0.3, -0.25) is 9.80 Å². The lowest BCUT2D eigenvalue weighted by Crippen LogP contribution is -2.11. The molecule has 0 unspecified atom stereocenters. The van der Waals surface area contributed by atoms with E-state index in [0.29, 0.717) is 5.82 Å². The van der Waals surface area contributed by atoms with E-state index < -0.39 is 5.91 Å². The highest BCUT2D eigenvalue weighted by atomic mass is 16.1. The molecule has 1 aromatic rings. The van der Waals surface area contributed by atoms with E-state index in [1.54, 1.807) is 21.0 Å². The lowest BCUT2D eigenvalue weighted by Gasteiger charge is -1.98. The molecule has 7 heteroatoms. The Labute approximate surface area is 81.0 Å². The van der Waals surface area contributed by atoms with Crippen molar-refractivity contribution >= 4 is 11.7 Å². The van der Waals surface area contributed by atoms with Gasteiger partial charge >= 0.3 is 0 Å². The molecule has 1 heterocycles. The highest BCUT2D eigenvalue weighted by molar-refractivity contribution is 5.95. The van der Waals surface area contributed by atoms with E-state index >= 15 is 0 Å². The number of nitrogens with two attached hydrogens (primary N) is 1. The third-order valence-corrected chi connectivity index (χ3v) is 1.37. The number of imidazole rings is 1. The highest BCUT2D eigenvalue weighted by Gasteiger charge is 2.12. The van der Waals surface area contributed by atoms with Crippen LogP contribution in [0.1, 0.15) is 16.3 Å². The van der Waals surface area contributed by atoms with Crippen molar-refractivity contribution < 1.29 is 4.79 Å². The summed E-state index contributed by atoms with van der Waals surface area (Å²) in [6, 6.07) is 0. The van der Waals surface area contributed by atoms with Crippen LogP contribution in [0.25, 0.3) is 0 Å². The Bertz CT molecular complexity index is 366. The number of aromatic amines is 1. The SMILES string of the molecule is Cc1nc(/N=N/N(C)C)c(C(N)=O)[nH]1. The number of hydrogen-bond donors (Lipinski definition) is 2. The molecule has 0 spiro atoms. The summed E-state index contributed by atoms with van der Waals surface area (Å²) in [5.41, 5.74) is 5.28. The average molecular weight is 196 g/mol. The Kier molecular flexibility index (Phi) is 2.80. The number of amides is 1. The molecule has 0 aliphatic rings. The fourth-order valence-electron chi connectivity index (χ4n) is 0.855. The Morgan fingerprint density at radius 2 is 2.21 bits per heavy atom. The van der Waals surface area contributed by atoms with Crippen molar-refractivity contribution in [2.45, 2.75) is 6.92 Å². The summed E-state index contributed by atoms with van der Waals surface area (Å²) in [5.74, 6) is 0.188. The van der Waals surface area contributed by atoms with Crippen molar-refractivity contribution in [2.24, 2.45) is 16.1 Å². The van der Waals surface area contributed by atoms with Crippen molar-refractivity contribution in [1.29, 1.82) is 0 Å². The maximum atomic E-state index is 10.9. The molecule has 0 aliphatic heterocycles. The summed E-state index contributed by atoms with van der Waals surface area (Å²) in [7, 11) is 3.43. The number of nitrogens with zero attached hydrogens (tertiary/aromatic N) is 4. The molecular formula is C7H12N6O. The minimum atomic E-state index is -0.599. The number of aromatic nitrogens is 2. The topological polar surface area (TPSA) is 99.7 Å². The van der Waals surface area contributed by atoms with E-state index in [-0.39, 0.29) is 11.5 Å². The normalized spacial score (nSPS) is 10.8. The number of H-pyrrole nitrogens is 1. The molecule has 0 aromatic carbocycles. The highest BCUT2D eigenvalue weighted by Crippen LogP contribution is 2.15. The number of rotatable bonds is 3. The molecule has 0 fully saturated rings. The van der Waals surface area contributed by atoms with Gasteiger partial charge in [-0.15, -0.1) is 5.11 Å². The van der Waals surface area contributed by atoms with E-state index in [2.05, 4.69) is 20.3 Å². The summed E-state index contributed by atoms with van der Waals surface area (Å²) >= 11 is 0. The Hall–Kier alpha value is -1.92. The number of carbonyl (C=O) groups excluding carboxylic acids is 1. The molecule has 0 saturated heterocycles. The van der Waals surface area contributed by atoms with E-state index in [4.69, 9.17) is 5.73 Å². The second-order valence-corrected chi connectivity index (χ2v) is 2.92. The minimum Gasteiger partial charge on any atom is -0.364 e. The Morgan fingerprint density at radius 3 is 2.71 bits per heavy atom. The van der Waals surface area contributed by atoms with Gasteiger partial charge in [-0.25, -0.2) is 4.98 Å². The van der Waals surface area contributed by atoms with Crippen LogP contribution in [0.5, 0.6) is 0 Å². The van der Waals surface area contributed by atoms with E-state index in [1.165, 1.54) is 5.01 Å². The fraction of sp³-hybridized carbons (Fsp3) is 0.429. The van der Waals surface area contributed by atoms with Gasteiger partial charge in [0.15, 0.2) is 5.69 Å². The van der Waals surface area contributed by atoms with Crippen molar-refractivity contribution in [2.75, 3.05) is 14.1 Å². The Balaban J connectivity index is 3.01. The van der Waals surface area contributed by atoms with Gasteiger partial charge in [-0.2, -0.15) is 0 Å². The molecule has 7 nitrogen and oxygen atoms in total. The Morgan fingerprint density at radius 1 is 1.57 bits per heavy atom. The van der Waals surface area contributed by atoms with Crippen LogP contribution in [0, 0.1) is 6.92 Å². The van der Waals surface area contributed by atoms with Gasteiger partial charge in [0.25, 0.3) is 5.91 Å². The van der Waals surface area contributed by atoms with Crippen LogP contribution >= 0.6 is 0 Å². The zero-order valence-corrected chi connectivity index (χ0v) is 8.27. The van der Waals surface area contributed by atoms with Crippen LogP contribution in [0.2, 0.25) is 0 Å². The van der Waals surface area contributed by atoms with Crippen LogP contribution in [0.15, 0.2) is 10.3 Å². The minimum absolute atomic E-state index is 0.174. The van der Waals surface area contributed by atoms with E-state index in [0.717, 1.165) is 0 Å². The monoisotopic (exact) mass is 196 g/mol. The molecule has 3 N–H and O–H groups in total. The maximum Gasteiger partial charge on any atom is 0.269 e. The van der Waals surface area contributed by atoms with Crippen LogP contribution < -0.4 is 5.73 Å². The molecule has 0 saturated carbocycles. The molecule has 0 radical (unpaired) electrons. The predicted octanol–water partition coefficient (Wildman–Crippen LogP) is 0.377. The molecule has 14 heavy (non-hydrogen) atoms. The van der Waals surface area contributed by atoms with Gasteiger partial charge in [-0.05, 0) is 6.92 Å². The lowest BCUT2D eigenvalue weighted by molar-refractivity contribution is 0.0996. The molecular weight excluding hydrogens is 184 g/mol. The van der Waals surface area contributed by atoms with Gasteiger partial charge in [0, 0.05) is 14.1 Å². The van der Waals surface area contributed by atoms with Crippen molar-refractivity contribution in [3.05, 3.63) is 11.5 Å². The van der Waals surface area contributed by atoms with Crippen LogP contribution in [0.4, 0.5) is 5.82 Å². The fourth-order valence-corrected chi connectivity index (χ4v) is 0.855. The predicted molar refractivity (Wildman–Crippen MR) is 50.0 cm³/mol. The summed E-state index contributed by atoms with van der Waals surface area (Å²) in [4.78, 5) is 17.6. The van der Waals surface area contributed by atoms with Crippen molar-refractivity contribution in [1.82, 2.24) is 15.0 Å². The third kappa shape index (κ3) is 2.28. The first-order chi connectivity index (χ1) is 6.50. The third-order valence-electron chi connectivity index (χ3n) is 1.37. The second kappa shape index (κ2) is 3.86. The molecule has 1 rings (SSSR count). The standard InChI is InChI=1S/C7H12N6O/c1-4-9-5(6(8)14)7(10-4)11-12-13(2)3/h1-3H3,(H2,8,14)(H,9,10)/b12-11+. The summed E-state index contributed by atoms with van der Waals surface area (Å²) in [6.07, 6.45) is 0. The first kappa shape index (κ1) is 10.2. The zero-order chi connectivity index (χ0) is 10.7. The van der Waals surface area contributed by atoms with Crippen LogP contribution in [-0.2, 0) is 0 Å². The second-order valence-electron chi connectivity index (χ2n) is 2.92. The van der Waals surface area contributed by atoms with Gasteiger partial charge in [-0.1, -0.05) is 5.22 Å². The van der Waals surface area contributed by atoms with Gasteiger partial charge in [0.1, 0.15) is 5.82 Å². The van der Waals surface area contributed by atoms with Gasteiger partial charge < -0.3 is 10.7 Å². The zero-order valence-electron chi connectivity index (χ0n) is 8.27. The van der Waals surface area contributed by atoms with Gasteiger partial charge in [0.05, 0.1) is 0 Å². The smallest absolute Gasteiger partial charge is 0.269 e. The maximum absolute atomic E-state index is 10.9. The first-order valence-electron chi connectivity index (χ1n) is 3.96. The summed E-state index contributed by atoms with van der Waals surface area (Å²) in [5, 5.41) is 8.97. The van der Waals surface area contributed by atoms with Crippen molar-refractivity contribution in [3.63, 3.8) is 0 Å². The number of aryl methyl sites for hydroxylation is 1. The number of carbonyl (C=O) groups is 1. The first-order valence-corrected chi connectivity index (χ1v) is 3.96. The van der Waals surface area contributed by atoms with E-state index in [1.807, 2.05) is 0 Å². The summed E-state index contributed by atoms with van der Waals surface area (Å²) < 4.78 is 0. The molecule has 1 aromatic heterocycles. The average Bonchev–Trinajstić information content (AvgIpc) is 2.43. The number of primary amides is 1. The largest absolute Gasteiger partial charge is 0.364 e. The summed E-state index contributed by atoms with van der Waals surface area (Å²) in [6.45, 7) is 1.71. The molecule has 1 amide bonds. The quantitative estimate of drug-likeness (QED) is 0.539. The van der Waals surface area contributed by atoms with Crippen molar-refractivity contribution in [3.8, 4) is 0 Å². The van der Waals surface area contributed by atoms with Crippen LogP contribution in [-0.4, -0.2) is 35.0 Å². The number of hydrogen-bond acceptors (Lipinski definition) is 4. The van der Waals surface area contributed by atoms with E-state index in [9.17, 15) is 4.79 Å². The van der Waals surface area contributed by atoms with Gasteiger partial charge in [0.2, 0.25) is 5.82 Å². The van der Waals surface area contributed by atoms with Crippen LogP contribution in [0.3, 0.4) is 0 Å². The number of nitrogens with one attached hydrogen (secondary N) is 1. The lowest BCUT2D eigenvalue weighted by atomic mass is 10.4. The molecule has 0 bridgehead atoms. The molecule has 0 atom stereocenters. The molecule has 76 valence electrons.